The second-order valence-corrected chi connectivity index (χ2v) is 7.72. The molecule has 0 saturated carbocycles. The topological polar surface area (TPSA) is 12.9 Å². The molecule has 0 radical (unpaired) electrons. The molecule has 0 aliphatic heterocycles. The molecule has 118 valence electrons. The summed E-state index contributed by atoms with van der Waals surface area (Å²) in [5, 5.41) is 3.59. The van der Waals surface area contributed by atoms with Gasteiger partial charge in [0.25, 0.3) is 0 Å². The van der Waals surface area contributed by atoms with Crippen LogP contribution in [-0.4, -0.2) is 4.98 Å². The summed E-state index contributed by atoms with van der Waals surface area (Å²) < 4.78 is 0. The van der Waals surface area contributed by atoms with Crippen molar-refractivity contribution in [2.75, 3.05) is 0 Å². The summed E-state index contributed by atoms with van der Waals surface area (Å²) in [4.78, 5) is 4.69. The third kappa shape index (κ3) is 3.06. The Balaban J connectivity index is 2.45. The van der Waals surface area contributed by atoms with Gasteiger partial charge in [0, 0.05) is 16.4 Å². The zero-order chi connectivity index (χ0) is 16.8. The van der Waals surface area contributed by atoms with Gasteiger partial charge in [0.05, 0.1) is 15.7 Å². The van der Waals surface area contributed by atoms with Crippen LogP contribution in [0.1, 0.15) is 26.5 Å². The van der Waals surface area contributed by atoms with Gasteiger partial charge in [0.15, 0.2) is 0 Å². The van der Waals surface area contributed by atoms with Gasteiger partial charge in [-0.1, -0.05) is 85.9 Å². The van der Waals surface area contributed by atoms with Crippen LogP contribution < -0.4 is 0 Å². The number of aromatic nitrogens is 1. The number of hydrogen-bond donors (Lipinski definition) is 0. The van der Waals surface area contributed by atoms with E-state index >= 15 is 0 Å². The van der Waals surface area contributed by atoms with Crippen LogP contribution in [0.15, 0.2) is 42.5 Å². The minimum atomic E-state index is -0.158. The average Bonchev–Trinajstić information content (AvgIpc) is 2.49. The highest BCUT2D eigenvalue weighted by Crippen LogP contribution is 2.40. The van der Waals surface area contributed by atoms with E-state index in [0.29, 0.717) is 15.2 Å². The lowest BCUT2D eigenvalue weighted by molar-refractivity contribution is 0.572. The van der Waals surface area contributed by atoms with Crippen molar-refractivity contribution in [2.45, 2.75) is 26.2 Å². The molecule has 0 bridgehead atoms. The molecule has 3 rings (SSSR count). The van der Waals surface area contributed by atoms with Crippen LogP contribution in [0.2, 0.25) is 15.2 Å². The Kier molecular flexibility index (Phi) is 4.31. The van der Waals surface area contributed by atoms with Crippen molar-refractivity contribution in [3.8, 4) is 11.1 Å². The van der Waals surface area contributed by atoms with Gasteiger partial charge in [-0.05, 0) is 23.1 Å². The van der Waals surface area contributed by atoms with E-state index in [2.05, 4.69) is 26.8 Å². The van der Waals surface area contributed by atoms with Gasteiger partial charge in [-0.2, -0.15) is 0 Å². The molecule has 0 unspecified atom stereocenters. The first-order chi connectivity index (χ1) is 10.8. The van der Waals surface area contributed by atoms with Crippen molar-refractivity contribution in [3.63, 3.8) is 0 Å². The molecule has 1 aromatic heterocycles. The molecular formula is C19H16Cl3N. The number of pyridine rings is 1. The van der Waals surface area contributed by atoms with Crippen molar-refractivity contribution >= 4 is 45.6 Å². The molecule has 2 aromatic carbocycles. The number of rotatable bonds is 1. The first kappa shape index (κ1) is 16.6. The fraction of sp³-hybridized carbons (Fsp3) is 0.211. The highest BCUT2D eigenvalue weighted by Gasteiger charge is 2.24. The third-order valence-corrected chi connectivity index (χ3v) is 4.81. The SMILES string of the molecule is CC(C)(C)c1nc(Cl)c2ccccc2c1-c1ccc(Cl)c(Cl)c1. The first-order valence-electron chi connectivity index (χ1n) is 7.33. The van der Waals surface area contributed by atoms with E-state index in [0.717, 1.165) is 27.6 Å². The van der Waals surface area contributed by atoms with E-state index in [-0.39, 0.29) is 5.41 Å². The third-order valence-electron chi connectivity index (χ3n) is 3.78. The van der Waals surface area contributed by atoms with Gasteiger partial charge in [-0.15, -0.1) is 0 Å². The molecule has 0 amide bonds. The van der Waals surface area contributed by atoms with Gasteiger partial charge in [0.2, 0.25) is 0 Å². The van der Waals surface area contributed by atoms with Gasteiger partial charge >= 0.3 is 0 Å². The second kappa shape index (κ2) is 5.98. The molecule has 0 spiro atoms. The van der Waals surface area contributed by atoms with Gasteiger partial charge < -0.3 is 0 Å². The van der Waals surface area contributed by atoms with E-state index in [9.17, 15) is 0 Å². The monoisotopic (exact) mass is 363 g/mol. The van der Waals surface area contributed by atoms with Crippen molar-refractivity contribution in [2.24, 2.45) is 0 Å². The van der Waals surface area contributed by atoms with Crippen LogP contribution in [0.25, 0.3) is 21.9 Å². The molecule has 0 saturated heterocycles. The van der Waals surface area contributed by atoms with E-state index in [4.69, 9.17) is 39.8 Å². The lowest BCUT2D eigenvalue weighted by Crippen LogP contribution is -2.16. The molecule has 0 atom stereocenters. The number of hydrogen-bond acceptors (Lipinski definition) is 1. The average molecular weight is 365 g/mol. The van der Waals surface area contributed by atoms with Crippen LogP contribution in [-0.2, 0) is 5.41 Å². The summed E-state index contributed by atoms with van der Waals surface area (Å²) in [6.07, 6.45) is 0. The molecule has 0 fully saturated rings. The first-order valence-corrected chi connectivity index (χ1v) is 8.46. The maximum absolute atomic E-state index is 6.43. The minimum Gasteiger partial charge on any atom is -0.239 e. The number of fused-ring (bicyclic) bond motifs is 1. The van der Waals surface area contributed by atoms with E-state index in [1.54, 1.807) is 0 Å². The molecule has 23 heavy (non-hydrogen) atoms. The summed E-state index contributed by atoms with van der Waals surface area (Å²) in [6, 6.07) is 13.7. The lowest BCUT2D eigenvalue weighted by atomic mass is 9.84. The molecule has 0 aliphatic carbocycles. The summed E-state index contributed by atoms with van der Waals surface area (Å²) in [5.74, 6) is 0. The highest BCUT2D eigenvalue weighted by molar-refractivity contribution is 6.42. The Bertz CT molecular complexity index is 895. The zero-order valence-electron chi connectivity index (χ0n) is 13.1. The van der Waals surface area contributed by atoms with Crippen LogP contribution in [0.4, 0.5) is 0 Å². The second-order valence-electron chi connectivity index (χ2n) is 6.55. The minimum absolute atomic E-state index is 0.158. The maximum atomic E-state index is 6.43. The lowest BCUT2D eigenvalue weighted by Gasteiger charge is -2.24. The molecule has 1 heterocycles. The van der Waals surface area contributed by atoms with Crippen LogP contribution in [0.5, 0.6) is 0 Å². The van der Waals surface area contributed by atoms with Crippen LogP contribution in [0.3, 0.4) is 0 Å². The standard InChI is InChI=1S/C19H16Cl3N/c1-19(2,3)17-16(11-8-9-14(20)15(21)10-11)12-6-4-5-7-13(12)18(22)23-17/h4-10H,1-3H3. The summed E-state index contributed by atoms with van der Waals surface area (Å²) >= 11 is 18.7. The fourth-order valence-electron chi connectivity index (χ4n) is 2.71. The van der Waals surface area contributed by atoms with Crippen molar-refractivity contribution < 1.29 is 0 Å². The summed E-state index contributed by atoms with van der Waals surface area (Å²) in [7, 11) is 0. The molecular weight excluding hydrogens is 349 g/mol. The number of benzene rings is 2. The Morgan fingerprint density at radius 3 is 2.09 bits per heavy atom. The van der Waals surface area contributed by atoms with Gasteiger partial charge in [0.1, 0.15) is 5.15 Å². The maximum Gasteiger partial charge on any atom is 0.137 e. The number of halogens is 3. The van der Waals surface area contributed by atoms with Gasteiger partial charge in [-0.3, -0.25) is 0 Å². The van der Waals surface area contributed by atoms with E-state index in [1.807, 2.05) is 36.4 Å². The molecule has 0 N–H and O–H groups in total. The Labute approximate surface area is 151 Å². The van der Waals surface area contributed by atoms with Crippen molar-refractivity contribution in [1.29, 1.82) is 0 Å². The van der Waals surface area contributed by atoms with E-state index in [1.165, 1.54) is 0 Å². The predicted octanol–water partition coefficient (Wildman–Crippen LogP) is 7.16. The molecule has 0 aliphatic rings. The van der Waals surface area contributed by atoms with Gasteiger partial charge in [-0.25, -0.2) is 4.98 Å². The summed E-state index contributed by atoms with van der Waals surface area (Å²) in [5.41, 5.74) is 2.83. The Hall–Kier alpha value is -1.28. The van der Waals surface area contributed by atoms with Crippen molar-refractivity contribution in [1.82, 2.24) is 4.98 Å². The predicted molar refractivity (Wildman–Crippen MR) is 101 cm³/mol. The molecule has 1 nitrogen and oxygen atoms in total. The normalized spacial score (nSPS) is 11.9. The highest BCUT2D eigenvalue weighted by atomic mass is 35.5. The van der Waals surface area contributed by atoms with Crippen LogP contribution in [0, 0.1) is 0 Å². The molecule has 4 heteroatoms. The smallest absolute Gasteiger partial charge is 0.137 e. The number of nitrogens with zero attached hydrogens (tertiary/aromatic N) is 1. The summed E-state index contributed by atoms with van der Waals surface area (Å²) in [6.45, 7) is 6.38. The molecule has 3 aromatic rings. The van der Waals surface area contributed by atoms with E-state index < -0.39 is 0 Å². The largest absolute Gasteiger partial charge is 0.239 e. The van der Waals surface area contributed by atoms with Crippen LogP contribution >= 0.6 is 34.8 Å². The Morgan fingerprint density at radius 1 is 0.826 bits per heavy atom. The fourth-order valence-corrected chi connectivity index (χ4v) is 3.26. The van der Waals surface area contributed by atoms with Crippen molar-refractivity contribution in [3.05, 3.63) is 63.4 Å². The quantitative estimate of drug-likeness (QED) is 0.417. The zero-order valence-corrected chi connectivity index (χ0v) is 15.4. The Morgan fingerprint density at radius 2 is 1.48 bits per heavy atom.